The molecule has 0 aromatic heterocycles. The fraction of sp³-hybridized carbons (Fsp3) is 0.273. The molecule has 0 aliphatic heterocycles. The molecule has 2 N–H and O–H groups in total. The second-order valence-electron chi connectivity index (χ2n) is 3.22. The molecule has 1 aromatic rings. The van der Waals surface area contributed by atoms with Crippen LogP contribution in [-0.4, -0.2) is 19.0 Å². The van der Waals surface area contributed by atoms with Crippen molar-refractivity contribution in [3.8, 4) is 6.07 Å². The second-order valence-corrected chi connectivity index (χ2v) is 3.22. The third-order valence-electron chi connectivity index (χ3n) is 1.91. The fourth-order valence-corrected chi connectivity index (χ4v) is 1.16. The summed E-state index contributed by atoms with van der Waals surface area (Å²) >= 11 is 0. The van der Waals surface area contributed by atoms with Gasteiger partial charge < -0.3 is 10.6 Å². The molecule has 0 aliphatic carbocycles. The minimum Gasteiger partial charge on any atom is -0.381 e. The van der Waals surface area contributed by atoms with E-state index in [-0.39, 0.29) is 11.5 Å². The van der Waals surface area contributed by atoms with Crippen LogP contribution < -0.4 is 10.6 Å². The Bertz CT molecular complexity index is 426. The maximum absolute atomic E-state index is 13.3. The number of nitrogens with one attached hydrogen (secondary N) is 2. The van der Waals surface area contributed by atoms with Gasteiger partial charge in [-0.25, -0.2) is 4.39 Å². The Morgan fingerprint density at radius 1 is 1.50 bits per heavy atom. The quantitative estimate of drug-likeness (QED) is 0.752. The van der Waals surface area contributed by atoms with Crippen LogP contribution in [0.5, 0.6) is 0 Å². The van der Waals surface area contributed by atoms with E-state index in [9.17, 15) is 9.18 Å². The highest BCUT2D eigenvalue weighted by atomic mass is 19.1. The lowest BCUT2D eigenvalue weighted by Gasteiger charge is -2.07. The van der Waals surface area contributed by atoms with Crippen LogP contribution in [0.3, 0.4) is 0 Å². The third kappa shape index (κ3) is 3.58. The molecule has 0 aliphatic rings. The van der Waals surface area contributed by atoms with Gasteiger partial charge in [-0.15, -0.1) is 0 Å². The summed E-state index contributed by atoms with van der Waals surface area (Å²) in [5.74, 6) is -0.594. The zero-order valence-corrected chi connectivity index (χ0v) is 8.88. The van der Waals surface area contributed by atoms with Gasteiger partial charge in [0.15, 0.2) is 0 Å². The minimum absolute atomic E-state index is 0.123. The fourth-order valence-electron chi connectivity index (χ4n) is 1.16. The number of carbonyl (C=O) groups excluding carboxylic acids is 1. The lowest BCUT2D eigenvalue weighted by Crippen LogP contribution is -2.26. The van der Waals surface area contributed by atoms with E-state index in [1.807, 2.05) is 6.07 Å². The molecule has 0 heterocycles. The Morgan fingerprint density at radius 2 is 2.25 bits per heavy atom. The largest absolute Gasteiger partial charge is 0.381 e. The van der Waals surface area contributed by atoms with Gasteiger partial charge in [0, 0.05) is 20.0 Å². The Balaban J connectivity index is 2.49. The molecule has 84 valence electrons. The number of halogens is 1. The molecular weight excluding hydrogens is 209 g/mol. The molecule has 1 rings (SSSR count). The van der Waals surface area contributed by atoms with Crippen LogP contribution >= 0.6 is 0 Å². The van der Waals surface area contributed by atoms with Gasteiger partial charge in [0.25, 0.3) is 0 Å². The highest BCUT2D eigenvalue weighted by Gasteiger charge is 2.02. The van der Waals surface area contributed by atoms with Gasteiger partial charge in [-0.3, -0.25) is 4.79 Å². The first kappa shape index (κ1) is 12.0. The smallest absolute Gasteiger partial charge is 0.216 e. The molecule has 1 amide bonds. The van der Waals surface area contributed by atoms with Crippen molar-refractivity contribution in [1.29, 1.82) is 5.26 Å². The summed E-state index contributed by atoms with van der Waals surface area (Å²) in [7, 11) is 0. The maximum atomic E-state index is 13.3. The van der Waals surface area contributed by atoms with Crippen molar-refractivity contribution < 1.29 is 9.18 Å². The number of hydrogen-bond donors (Lipinski definition) is 2. The molecule has 1 aromatic carbocycles. The summed E-state index contributed by atoms with van der Waals surface area (Å²) in [6.45, 7) is 2.28. The first-order chi connectivity index (χ1) is 7.63. The lowest BCUT2D eigenvalue weighted by atomic mass is 10.2. The molecule has 0 radical (unpaired) electrons. The minimum atomic E-state index is -0.470. The molecular formula is C11H12FN3O. The van der Waals surface area contributed by atoms with Gasteiger partial charge in [-0.05, 0) is 18.2 Å². The van der Waals surface area contributed by atoms with Crippen LogP contribution in [0.25, 0.3) is 0 Å². The number of hydrogen-bond acceptors (Lipinski definition) is 3. The molecule has 0 fully saturated rings. The molecule has 0 unspecified atom stereocenters. The maximum Gasteiger partial charge on any atom is 0.216 e. The van der Waals surface area contributed by atoms with Crippen LogP contribution in [0.1, 0.15) is 12.5 Å². The van der Waals surface area contributed by atoms with E-state index >= 15 is 0 Å². The summed E-state index contributed by atoms with van der Waals surface area (Å²) in [4.78, 5) is 10.6. The van der Waals surface area contributed by atoms with Gasteiger partial charge in [0.1, 0.15) is 5.82 Å². The van der Waals surface area contributed by atoms with Crippen molar-refractivity contribution in [2.24, 2.45) is 0 Å². The summed E-state index contributed by atoms with van der Waals surface area (Å²) in [6.07, 6.45) is 0. The van der Waals surface area contributed by atoms with E-state index in [0.29, 0.717) is 18.8 Å². The number of nitriles is 1. The van der Waals surface area contributed by atoms with E-state index in [2.05, 4.69) is 10.6 Å². The van der Waals surface area contributed by atoms with Crippen molar-refractivity contribution >= 4 is 11.6 Å². The zero-order chi connectivity index (χ0) is 12.0. The second kappa shape index (κ2) is 5.71. The monoisotopic (exact) mass is 221 g/mol. The molecule has 0 bridgehead atoms. The first-order valence-electron chi connectivity index (χ1n) is 4.81. The number of nitrogens with zero attached hydrogens (tertiary/aromatic N) is 1. The molecule has 0 saturated carbocycles. The van der Waals surface area contributed by atoms with E-state index in [0.717, 1.165) is 0 Å². The Morgan fingerprint density at radius 3 is 2.81 bits per heavy atom. The summed E-state index contributed by atoms with van der Waals surface area (Å²) in [5, 5.41) is 13.9. The average molecular weight is 221 g/mol. The third-order valence-corrected chi connectivity index (χ3v) is 1.91. The first-order valence-corrected chi connectivity index (χ1v) is 4.81. The average Bonchev–Trinajstić information content (AvgIpc) is 2.25. The van der Waals surface area contributed by atoms with E-state index in [4.69, 9.17) is 5.26 Å². The number of benzene rings is 1. The lowest BCUT2D eigenvalue weighted by molar-refractivity contribution is -0.118. The number of amides is 1. The van der Waals surface area contributed by atoms with E-state index in [1.165, 1.54) is 25.1 Å². The number of rotatable bonds is 4. The van der Waals surface area contributed by atoms with Crippen LogP contribution in [0.15, 0.2) is 18.2 Å². The van der Waals surface area contributed by atoms with Crippen molar-refractivity contribution in [3.05, 3.63) is 29.6 Å². The summed E-state index contributed by atoms with van der Waals surface area (Å²) in [5.41, 5.74) is 0.606. The Hall–Kier alpha value is -2.09. The number of carbonyl (C=O) groups is 1. The highest BCUT2D eigenvalue weighted by molar-refractivity contribution is 5.72. The summed E-state index contributed by atoms with van der Waals surface area (Å²) in [6, 6.07) is 6.05. The van der Waals surface area contributed by atoms with Gasteiger partial charge in [-0.2, -0.15) is 5.26 Å². The van der Waals surface area contributed by atoms with Gasteiger partial charge in [0.05, 0.1) is 17.3 Å². The van der Waals surface area contributed by atoms with Crippen LogP contribution in [-0.2, 0) is 4.79 Å². The standard InChI is InChI=1S/C11H12FN3O/c1-8(16)14-4-5-15-11-3-2-9(7-13)6-10(11)12/h2-3,6,15H,4-5H2,1H3,(H,14,16). The van der Waals surface area contributed by atoms with Crippen molar-refractivity contribution in [1.82, 2.24) is 5.32 Å². The SMILES string of the molecule is CC(=O)NCCNc1ccc(C#N)cc1F. The molecule has 16 heavy (non-hydrogen) atoms. The molecule has 0 spiro atoms. The van der Waals surface area contributed by atoms with Crippen molar-refractivity contribution in [3.63, 3.8) is 0 Å². The normalized spacial score (nSPS) is 9.31. The van der Waals surface area contributed by atoms with Crippen LogP contribution in [0, 0.1) is 17.1 Å². The number of anilines is 1. The van der Waals surface area contributed by atoms with Gasteiger partial charge in [0.2, 0.25) is 5.91 Å². The molecule has 0 saturated heterocycles. The Kier molecular flexibility index (Phi) is 4.28. The molecule has 4 nitrogen and oxygen atoms in total. The Labute approximate surface area is 93.1 Å². The predicted molar refractivity (Wildman–Crippen MR) is 58.3 cm³/mol. The van der Waals surface area contributed by atoms with Crippen LogP contribution in [0.2, 0.25) is 0 Å². The zero-order valence-electron chi connectivity index (χ0n) is 8.88. The van der Waals surface area contributed by atoms with Gasteiger partial charge >= 0.3 is 0 Å². The van der Waals surface area contributed by atoms with Crippen molar-refractivity contribution in [2.75, 3.05) is 18.4 Å². The van der Waals surface area contributed by atoms with Crippen molar-refractivity contribution in [2.45, 2.75) is 6.92 Å². The van der Waals surface area contributed by atoms with Gasteiger partial charge in [-0.1, -0.05) is 0 Å². The summed E-state index contributed by atoms with van der Waals surface area (Å²) < 4.78 is 13.3. The van der Waals surface area contributed by atoms with E-state index in [1.54, 1.807) is 0 Å². The van der Waals surface area contributed by atoms with E-state index < -0.39 is 5.82 Å². The highest BCUT2D eigenvalue weighted by Crippen LogP contribution is 2.14. The molecule has 0 atom stereocenters. The molecule has 5 heteroatoms. The topological polar surface area (TPSA) is 64.9 Å². The van der Waals surface area contributed by atoms with Crippen LogP contribution in [0.4, 0.5) is 10.1 Å². The predicted octanol–water partition coefficient (Wildman–Crippen LogP) is 1.25.